The third kappa shape index (κ3) is 6.34. The van der Waals surface area contributed by atoms with Crippen LogP contribution in [0, 0.1) is 10.1 Å². The molecule has 0 saturated heterocycles. The van der Waals surface area contributed by atoms with Gasteiger partial charge in [0.25, 0.3) is 11.6 Å². The number of halogens is 2. The maximum atomic E-state index is 12.1. The van der Waals surface area contributed by atoms with Crippen molar-refractivity contribution in [1.29, 1.82) is 0 Å². The zero-order valence-corrected chi connectivity index (χ0v) is 19.4. The zero-order chi connectivity index (χ0) is 23.1. The number of carbonyl (C=O) groups excluding carboxylic acids is 2. The number of nitro groups is 1. The molecule has 2 N–H and O–H groups in total. The summed E-state index contributed by atoms with van der Waals surface area (Å²) < 4.78 is 11.9. The van der Waals surface area contributed by atoms with Gasteiger partial charge in [0.1, 0.15) is 5.75 Å². The Morgan fingerprint density at radius 2 is 1.81 bits per heavy atom. The van der Waals surface area contributed by atoms with Gasteiger partial charge >= 0.3 is 11.8 Å². The highest BCUT2D eigenvalue weighted by atomic mass is 79.9. The fraction of sp³-hybridized carbons (Fsp3) is 0.158. The lowest BCUT2D eigenvalue weighted by atomic mass is 10.2. The summed E-state index contributed by atoms with van der Waals surface area (Å²) in [5.74, 6) is -0.596. The van der Waals surface area contributed by atoms with Gasteiger partial charge < -0.3 is 19.9 Å². The van der Waals surface area contributed by atoms with Crippen molar-refractivity contribution in [3.05, 3.63) is 67.4 Å². The number of amides is 2. The predicted molar refractivity (Wildman–Crippen MR) is 119 cm³/mol. The Morgan fingerprint density at radius 1 is 1.09 bits per heavy atom. The van der Waals surface area contributed by atoms with Gasteiger partial charge in [0.05, 0.1) is 9.40 Å². The van der Waals surface area contributed by atoms with E-state index in [1.54, 1.807) is 18.2 Å². The molecule has 2 amide bonds. The van der Waals surface area contributed by atoms with E-state index in [2.05, 4.69) is 52.6 Å². The molecule has 3 aromatic rings. The number of carbonyl (C=O) groups is 2. The van der Waals surface area contributed by atoms with Crippen LogP contribution in [0.3, 0.4) is 0 Å². The monoisotopic (exact) mass is 567 g/mol. The lowest BCUT2D eigenvalue weighted by Crippen LogP contribution is -2.36. The molecular formula is C19H15Br2N5O6. The van der Waals surface area contributed by atoms with Crippen LogP contribution in [0.25, 0.3) is 11.4 Å². The Kier molecular flexibility index (Phi) is 7.89. The maximum Gasteiger partial charge on any atom is 0.316 e. The maximum absolute atomic E-state index is 12.1. The summed E-state index contributed by atoms with van der Waals surface area (Å²) in [6.45, 7) is 0.108. The van der Waals surface area contributed by atoms with Gasteiger partial charge in [-0.15, -0.1) is 0 Å². The number of non-ortho nitro benzene ring substituents is 1. The van der Waals surface area contributed by atoms with Gasteiger partial charge in [-0.3, -0.25) is 19.7 Å². The molecule has 3 rings (SSSR count). The molecule has 0 radical (unpaired) electrons. The number of benzene rings is 2. The van der Waals surface area contributed by atoms with Crippen molar-refractivity contribution in [3.8, 4) is 17.1 Å². The molecule has 0 unspecified atom stereocenters. The first-order valence-corrected chi connectivity index (χ1v) is 10.6. The van der Waals surface area contributed by atoms with E-state index in [9.17, 15) is 19.7 Å². The number of aromatic nitrogens is 2. The smallest absolute Gasteiger partial charge is 0.316 e. The zero-order valence-electron chi connectivity index (χ0n) is 16.2. The summed E-state index contributed by atoms with van der Waals surface area (Å²) in [6, 6.07) is 10.8. The van der Waals surface area contributed by atoms with Crippen molar-refractivity contribution in [2.45, 2.75) is 0 Å². The molecule has 1 aromatic heterocycles. The summed E-state index contributed by atoms with van der Waals surface area (Å²) >= 11 is 6.67. The van der Waals surface area contributed by atoms with Gasteiger partial charge in [0.15, 0.2) is 6.61 Å². The second-order valence-corrected chi connectivity index (χ2v) is 7.97. The third-order valence-corrected chi connectivity index (χ3v) is 5.05. The largest absolute Gasteiger partial charge is 0.483 e. The van der Waals surface area contributed by atoms with Gasteiger partial charge in [0.2, 0.25) is 5.82 Å². The molecule has 2 aromatic carbocycles. The number of nitrogens with zero attached hydrogens (tertiary/aromatic N) is 3. The molecule has 0 atom stereocenters. The molecule has 13 heteroatoms. The van der Waals surface area contributed by atoms with Crippen LogP contribution in [0.15, 0.2) is 55.9 Å². The number of nitrogens with one attached hydrogen (secondary N) is 2. The van der Waals surface area contributed by atoms with E-state index in [0.717, 1.165) is 4.47 Å². The lowest BCUT2D eigenvalue weighted by molar-refractivity contribution is -0.384. The molecule has 0 aliphatic carbocycles. The van der Waals surface area contributed by atoms with E-state index in [0.29, 0.717) is 15.8 Å². The van der Waals surface area contributed by atoms with Gasteiger partial charge in [-0.25, -0.2) is 0 Å². The Labute approximate surface area is 197 Å². The normalized spacial score (nSPS) is 10.4. The van der Waals surface area contributed by atoms with E-state index in [4.69, 9.17) is 9.26 Å². The highest BCUT2D eigenvalue weighted by Gasteiger charge is 2.16. The predicted octanol–water partition coefficient (Wildman–Crippen LogP) is 3.09. The van der Waals surface area contributed by atoms with Crippen LogP contribution < -0.4 is 15.4 Å². The van der Waals surface area contributed by atoms with Gasteiger partial charge in [-0.1, -0.05) is 21.1 Å². The fourth-order valence-corrected chi connectivity index (χ4v) is 3.57. The number of rotatable bonds is 9. The van der Waals surface area contributed by atoms with Crippen molar-refractivity contribution >= 4 is 49.4 Å². The summed E-state index contributed by atoms with van der Waals surface area (Å²) in [6.07, 6.45) is 0. The molecule has 11 nitrogen and oxygen atoms in total. The molecule has 0 bridgehead atoms. The molecule has 0 fully saturated rings. The summed E-state index contributed by atoms with van der Waals surface area (Å²) in [7, 11) is 0. The SMILES string of the molecule is O=C(COc1ccc(Br)cc1Br)NCCNC(=O)c1nc(-c2ccc([N+](=O)[O-])cc2)no1. The molecular weight excluding hydrogens is 554 g/mol. The third-order valence-electron chi connectivity index (χ3n) is 3.94. The second kappa shape index (κ2) is 10.8. The first-order valence-electron chi connectivity index (χ1n) is 9.05. The minimum atomic E-state index is -0.616. The summed E-state index contributed by atoms with van der Waals surface area (Å²) in [5.41, 5.74) is 0.384. The van der Waals surface area contributed by atoms with Crippen LogP contribution in [0.5, 0.6) is 5.75 Å². The number of nitro benzene ring substituents is 1. The number of hydrogen-bond donors (Lipinski definition) is 2. The molecule has 0 spiro atoms. The summed E-state index contributed by atoms with van der Waals surface area (Å²) in [4.78, 5) is 38.1. The van der Waals surface area contributed by atoms with E-state index in [1.807, 2.05) is 0 Å². The van der Waals surface area contributed by atoms with Crippen LogP contribution >= 0.6 is 31.9 Å². The lowest BCUT2D eigenvalue weighted by Gasteiger charge is -2.09. The van der Waals surface area contributed by atoms with Crippen molar-refractivity contribution in [3.63, 3.8) is 0 Å². The van der Waals surface area contributed by atoms with Gasteiger partial charge in [-0.05, 0) is 46.3 Å². The van der Waals surface area contributed by atoms with Crippen molar-refractivity contribution in [2.75, 3.05) is 19.7 Å². The molecule has 166 valence electrons. The molecule has 0 saturated carbocycles. The van der Waals surface area contributed by atoms with Crippen LogP contribution in [0.2, 0.25) is 0 Å². The number of ether oxygens (including phenoxy) is 1. The molecule has 0 aliphatic heterocycles. The van der Waals surface area contributed by atoms with Gasteiger partial charge in [-0.2, -0.15) is 4.98 Å². The van der Waals surface area contributed by atoms with Crippen molar-refractivity contribution < 1.29 is 23.8 Å². The van der Waals surface area contributed by atoms with Crippen LogP contribution in [0.1, 0.15) is 10.7 Å². The van der Waals surface area contributed by atoms with Crippen LogP contribution in [-0.4, -0.2) is 46.6 Å². The quantitative estimate of drug-likeness (QED) is 0.227. The van der Waals surface area contributed by atoms with Crippen LogP contribution in [-0.2, 0) is 4.79 Å². The highest BCUT2D eigenvalue weighted by molar-refractivity contribution is 9.11. The van der Waals surface area contributed by atoms with Crippen LogP contribution in [0.4, 0.5) is 5.69 Å². The molecule has 0 aliphatic rings. The standard InChI is InChI=1S/C19H15Br2N5O6/c20-12-3-6-15(14(21)9-12)31-10-16(27)22-7-8-23-18(28)19-24-17(25-32-19)11-1-4-13(5-2-11)26(29)30/h1-6,9H,7-8,10H2,(H,22,27)(H,23,28). The van der Waals surface area contributed by atoms with Crippen molar-refractivity contribution in [1.82, 2.24) is 20.8 Å². The van der Waals surface area contributed by atoms with E-state index >= 15 is 0 Å². The first kappa shape index (κ1) is 23.3. The van der Waals surface area contributed by atoms with E-state index < -0.39 is 10.8 Å². The average Bonchev–Trinajstić information content (AvgIpc) is 3.26. The molecule has 1 heterocycles. The van der Waals surface area contributed by atoms with E-state index in [1.165, 1.54) is 24.3 Å². The number of hydrogen-bond acceptors (Lipinski definition) is 8. The van der Waals surface area contributed by atoms with Crippen molar-refractivity contribution in [2.24, 2.45) is 0 Å². The topological polar surface area (TPSA) is 149 Å². The molecule has 32 heavy (non-hydrogen) atoms. The Morgan fingerprint density at radius 3 is 2.50 bits per heavy atom. The minimum absolute atomic E-state index is 0.0767. The average molecular weight is 569 g/mol. The minimum Gasteiger partial charge on any atom is -0.483 e. The first-order chi connectivity index (χ1) is 15.3. The Balaban J connectivity index is 1.41. The Hall–Kier alpha value is -3.32. The Bertz CT molecular complexity index is 1140. The van der Waals surface area contributed by atoms with Gasteiger partial charge in [0, 0.05) is 35.3 Å². The fourth-order valence-electron chi connectivity index (χ4n) is 2.41. The van der Waals surface area contributed by atoms with E-state index in [-0.39, 0.29) is 43.0 Å². The highest BCUT2D eigenvalue weighted by Crippen LogP contribution is 2.28. The summed E-state index contributed by atoms with van der Waals surface area (Å²) in [5, 5.41) is 19.5. The second-order valence-electron chi connectivity index (χ2n) is 6.20.